The molecule has 12 nitrogen and oxygen atoms in total. The average molecular weight is 637 g/mol. The Kier molecular flexibility index (Phi) is 6.46. The maximum Gasteiger partial charge on any atom is 0.278 e. The zero-order chi connectivity index (χ0) is 30.1. The van der Waals surface area contributed by atoms with Crippen molar-refractivity contribution in [2.24, 2.45) is 5.41 Å². The minimum Gasteiger partial charge on any atom is -0.363 e. The molecule has 0 aromatic carbocycles. The molecule has 6 rings (SSSR count). The van der Waals surface area contributed by atoms with Crippen LogP contribution in [0.3, 0.4) is 0 Å². The van der Waals surface area contributed by atoms with Crippen LogP contribution in [-0.4, -0.2) is 69.1 Å². The van der Waals surface area contributed by atoms with Crippen molar-refractivity contribution >= 4 is 50.2 Å². The largest absolute Gasteiger partial charge is 0.363 e. The minimum absolute atomic E-state index is 0.0196. The zero-order valence-electron chi connectivity index (χ0n) is 23.1. The summed E-state index contributed by atoms with van der Waals surface area (Å²) in [6.45, 7) is 6.27. The van der Waals surface area contributed by atoms with Gasteiger partial charge in [0.2, 0.25) is 11.6 Å². The van der Waals surface area contributed by atoms with Crippen molar-refractivity contribution in [2.45, 2.75) is 58.8 Å². The molecule has 2 aliphatic rings. The van der Waals surface area contributed by atoms with Crippen molar-refractivity contribution in [2.75, 3.05) is 5.32 Å². The number of Topliss-reactive ketones (excluding diaryl/α,β-unsaturated/α-hetero) is 1. The fraction of sp³-hybridized carbons (Fsp3) is 0.357. The first-order valence-electron chi connectivity index (χ1n) is 13.2. The Bertz CT molecular complexity index is 1810. The van der Waals surface area contributed by atoms with E-state index in [1.54, 1.807) is 32.3 Å². The van der Waals surface area contributed by atoms with Crippen LogP contribution in [0.1, 0.15) is 48.6 Å². The lowest BCUT2D eigenvalue weighted by atomic mass is 9.98. The molecule has 2 amide bonds. The Labute approximate surface area is 247 Å². The molecule has 1 aliphatic heterocycles. The van der Waals surface area contributed by atoms with Crippen LogP contribution < -0.4 is 5.32 Å². The predicted molar refractivity (Wildman–Crippen MR) is 151 cm³/mol. The van der Waals surface area contributed by atoms with Gasteiger partial charge in [-0.05, 0) is 59.3 Å². The number of rotatable bonds is 6. The molecule has 0 radical (unpaired) electrons. The van der Waals surface area contributed by atoms with E-state index in [4.69, 9.17) is 0 Å². The predicted octanol–water partition coefficient (Wildman–Crippen LogP) is 3.34. The number of nitrogens with zero attached hydrogens (tertiary/aromatic N) is 7. The second-order valence-electron chi connectivity index (χ2n) is 11.2. The normalized spacial score (nSPS) is 22.7. The van der Waals surface area contributed by atoms with Crippen molar-refractivity contribution < 1.29 is 23.9 Å². The van der Waals surface area contributed by atoms with Crippen LogP contribution in [0.15, 0.2) is 35.3 Å². The smallest absolute Gasteiger partial charge is 0.278 e. The maximum absolute atomic E-state index is 13.9. The number of pyridine rings is 2. The van der Waals surface area contributed by atoms with Crippen LogP contribution in [-0.2, 0) is 16.1 Å². The van der Waals surface area contributed by atoms with E-state index in [9.17, 15) is 23.9 Å². The molecule has 1 aliphatic carbocycles. The number of anilines is 1. The van der Waals surface area contributed by atoms with E-state index in [1.165, 1.54) is 28.8 Å². The first-order valence-corrected chi connectivity index (χ1v) is 14.0. The minimum atomic E-state index is -2.17. The van der Waals surface area contributed by atoms with E-state index >= 15 is 0 Å². The summed E-state index contributed by atoms with van der Waals surface area (Å²) in [4.78, 5) is 57.9. The second-order valence-corrected chi connectivity index (χ2v) is 11.9. The van der Waals surface area contributed by atoms with E-state index < -0.39 is 28.8 Å². The van der Waals surface area contributed by atoms with E-state index in [1.807, 2.05) is 6.92 Å². The number of hydrogen-bond acceptors (Lipinski definition) is 9. The van der Waals surface area contributed by atoms with Gasteiger partial charge in [0.1, 0.15) is 28.5 Å². The first-order chi connectivity index (χ1) is 19.8. The fourth-order valence-corrected chi connectivity index (χ4v) is 5.97. The summed E-state index contributed by atoms with van der Waals surface area (Å²) in [7, 11) is 0. The van der Waals surface area contributed by atoms with Crippen molar-refractivity contribution in [3.63, 3.8) is 0 Å². The number of hydrogen-bond donors (Lipinski definition) is 2. The van der Waals surface area contributed by atoms with Gasteiger partial charge in [0, 0.05) is 42.7 Å². The van der Waals surface area contributed by atoms with Gasteiger partial charge in [-0.3, -0.25) is 24.0 Å². The van der Waals surface area contributed by atoms with Crippen LogP contribution >= 0.6 is 15.9 Å². The number of carbonyl (C=O) groups is 3. The Morgan fingerprint density at radius 1 is 1.17 bits per heavy atom. The van der Waals surface area contributed by atoms with E-state index in [2.05, 4.69) is 46.3 Å². The second kappa shape index (κ2) is 9.70. The zero-order valence-corrected chi connectivity index (χ0v) is 24.7. The van der Waals surface area contributed by atoms with Crippen molar-refractivity contribution in [3.8, 4) is 11.3 Å². The van der Waals surface area contributed by atoms with Crippen molar-refractivity contribution in [3.05, 3.63) is 58.2 Å². The summed E-state index contributed by atoms with van der Waals surface area (Å²) in [6, 6.07) is 2.53. The average Bonchev–Trinajstić information content (AvgIpc) is 3.31. The molecular weight excluding hydrogens is 611 g/mol. The fourth-order valence-electron chi connectivity index (χ4n) is 5.68. The molecule has 14 heteroatoms. The van der Waals surface area contributed by atoms with Crippen LogP contribution in [0.5, 0.6) is 0 Å². The van der Waals surface area contributed by atoms with Crippen LogP contribution in [0.2, 0.25) is 0 Å². The Morgan fingerprint density at radius 2 is 1.88 bits per heavy atom. The third-order valence-corrected chi connectivity index (χ3v) is 8.54. The van der Waals surface area contributed by atoms with Crippen LogP contribution in [0, 0.1) is 25.1 Å². The lowest BCUT2D eigenvalue weighted by Gasteiger charge is -2.35. The summed E-state index contributed by atoms with van der Waals surface area (Å²) in [5.74, 6) is -1.64. The number of amides is 2. The highest BCUT2D eigenvalue weighted by Crippen LogP contribution is 2.62. The molecule has 216 valence electrons. The number of fused-ring (bicyclic) bond motifs is 2. The van der Waals surface area contributed by atoms with Gasteiger partial charge < -0.3 is 15.3 Å². The van der Waals surface area contributed by atoms with Gasteiger partial charge in [-0.25, -0.2) is 19.3 Å². The summed E-state index contributed by atoms with van der Waals surface area (Å²) < 4.78 is 15.1. The number of nitrogens with one attached hydrogen (secondary N) is 1. The Hall–Kier alpha value is -4.17. The molecule has 2 N–H and O–H groups in total. The number of ketones is 1. The van der Waals surface area contributed by atoms with Gasteiger partial charge in [-0.1, -0.05) is 6.92 Å². The molecule has 4 aromatic heterocycles. The lowest BCUT2D eigenvalue weighted by molar-refractivity contribution is -0.168. The topological polar surface area (TPSA) is 156 Å². The quantitative estimate of drug-likeness (QED) is 0.239. The van der Waals surface area contributed by atoms with Crippen molar-refractivity contribution in [1.29, 1.82) is 0 Å². The summed E-state index contributed by atoms with van der Waals surface area (Å²) in [5.41, 5.74) is -0.491. The van der Waals surface area contributed by atoms with Gasteiger partial charge >= 0.3 is 0 Å². The molecule has 4 aromatic rings. The monoisotopic (exact) mass is 636 g/mol. The summed E-state index contributed by atoms with van der Waals surface area (Å²) in [6.07, 6.45) is 5.42. The SMILES string of the molecule is CC(=O)c1nn(CC(=O)N2[C@@H]3C[C@]3(C)C[C@@]2(O)C(=O)Nc2nc(Br)c(F)cc2C)c2cnc(-c3cnc(C)nc3)cc12. The van der Waals surface area contributed by atoms with Crippen LogP contribution in [0.4, 0.5) is 10.2 Å². The molecular formula is C28H26BrFN8O4. The highest BCUT2D eigenvalue weighted by Gasteiger charge is 2.71. The number of piperidine rings is 1. The molecule has 2 fully saturated rings. The third kappa shape index (κ3) is 4.54. The first kappa shape index (κ1) is 28.0. The molecule has 0 spiro atoms. The maximum atomic E-state index is 13.9. The Balaban J connectivity index is 1.32. The Morgan fingerprint density at radius 3 is 2.57 bits per heavy atom. The van der Waals surface area contributed by atoms with Gasteiger partial charge in [0.05, 0.1) is 17.4 Å². The molecule has 0 unspecified atom stereocenters. The van der Waals surface area contributed by atoms with Crippen molar-refractivity contribution in [1.82, 2.24) is 34.6 Å². The molecule has 1 saturated carbocycles. The number of carbonyl (C=O) groups excluding carboxylic acids is 3. The highest BCUT2D eigenvalue weighted by atomic mass is 79.9. The number of aromatic nitrogens is 6. The summed E-state index contributed by atoms with van der Waals surface area (Å²) >= 11 is 3.01. The highest BCUT2D eigenvalue weighted by molar-refractivity contribution is 9.10. The van der Waals surface area contributed by atoms with E-state index in [0.29, 0.717) is 40.0 Å². The lowest BCUT2D eigenvalue weighted by Crippen LogP contribution is -2.58. The molecule has 42 heavy (non-hydrogen) atoms. The molecule has 0 bridgehead atoms. The van der Waals surface area contributed by atoms with Gasteiger partial charge in [0.25, 0.3) is 5.91 Å². The van der Waals surface area contributed by atoms with E-state index in [0.717, 1.165) is 0 Å². The number of aryl methyl sites for hydroxylation is 2. The van der Waals surface area contributed by atoms with Gasteiger partial charge in [0.15, 0.2) is 11.6 Å². The third-order valence-electron chi connectivity index (χ3n) is 7.98. The van der Waals surface area contributed by atoms with Gasteiger partial charge in [-0.15, -0.1) is 0 Å². The van der Waals surface area contributed by atoms with Crippen LogP contribution in [0.25, 0.3) is 22.2 Å². The van der Waals surface area contributed by atoms with E-state index in [-0.39, 0.29) is 40.9 Å². The standard InChI is InChI=1S/C28H26BrFN8O4/c1-13-5-18(30)24(29)34-25(13)35-26(41)28(42)12-27(4)7-21(27)38(28)22(40)11-37-20-10-33-19(16-8-31-15(3)32-9-16)6-17(20)23(36-37)14(2)39/h5-6,8-10,21,42H,7,11-12H2,1-4H3,(H,34,35,41)/t21-,27-,28-/m1/s1. The molecule has 3 atom stereocenters. The number of aliphatic hydroxyl groups is 1. The van der Waals surface area contributed by atoms with Gasteiger partial charge in [-0.2, -0.15) is 5.10 Å². The molecule has 5 heterocycles. The summed E-state index contributed by atoms with van der Waals surface area (Å²) in [5, 5.41) is 19.1. The molecule has 1 saturated heterocycles. The number of halogens is 2. The number of likely N-dealkylation sites (tertiary alicyclic amines) is 1.